The molecule has 1 fully saturated rings. The van der Waals surface area contributed by atoms with Gasteiger partial charge in [-0.1, -0.05) is 66.4 Å². The minimum absolute atomic E-state index is 0.0333. The number of aromatic nitrogens is 2. The van der Waals surface area contributed by atoms with Gasteiger partial charge in [0, 0.05) is 24.6 Å². The van der Waals surface area contributed by atoms with Crippen LogP contribution in [0, 0.1) is 5.92 Å². The molecule has 0 radical (unpaired) electrons. The van der Waals surface area contributed by atoms with E-state index in [0.29, 0.717) is 31.1 Å². The van der Waals surface area contributed by atoms with Crippen molar-refractivity contribution in [1.29, 1.82) is 0 Å². The SMILES string of the molecule is CCSc1nnc(NC(=O)C2CCN(C(=O)c3cccc4ccccc34)CC2)s1. The number of benzene rings is 2. The number of fused-ring (bicyclic) bond motifs is 1. The van der Waals surface area contributed by atoms with Crippen molar-refractivity contribution in [2.45, 2.75) is 24.1 Å². The number of hydrogen-bond donors (Lipinski definition) is 1. The number of nitrogens with zero attached hydrogens (tertiary/aromatic N) is 3. The molecular formula is C21H22N4O2S2. The molecule has 1 saturated heterocycles. The van der Waals surface area contributed by atoms with Crippen molar-refractivity contribution < 1.29 is 9.59 Å². The van der Waals surface area contributed by atoms with Gasteiger partial charge >= 0.3 is 0 Å². The van der Waals surface area contributed by atoms with Crippen LogP contribution in [0.2, 0.25) is 0 Å². The fourth-order valence-electron chi connectivity index (χ4n) is 3.58. The summed E-state index contributed by atoms with van der Waals surface area (Å²) in [7, 11) is 0. The van der Waals surface area contributed by atoms with Crippen LogP contribution in [-0.4, -0.2) is 45.8 Å². The van der Waals surface area contributed by atoms with E-state index in [-0.39, 0.29) is 17.7 Å². The lowest BCUT2D eigenvalue weighted by Gasteiger charge is -2.31. The van der Waals surface area contributed by atoms with Crippen molar-refractivity contribution in [1.82, 2.24) is 15.1 Å². The molecule has 0 bridgehead atoms. The number of amides is 2. The summed E-state index contributed by atoms with van der Waals surface area (Å²) in [5.41, 5.74) is 0.723. The van der Waals surface area contributed by atoms with Gasteiger partial charge in [-0.2, -0.15) is 0 Å². The standard InChI is InChI=1S/C21H22N4O2S2/c1-2-28-21-24-23-20(29-21)22-18(26)15-10-12-25(13-11-15)19(27)17-9-5-7-14-6-3-4-8-16(14)17/h3-9,15H,2,10-13H2,1H3,(H,22,23,26). The maximum atomic E-state index is 13.1. The Morgan fingerprint density at radius 1 is 1.14 bits per heavy atom. The molecular weight excluding hydrogens is 404 g/mol. The third-order valence-corrected chi connectivity index (χ3v) is 6.93. The molecule has 8 heteroatoms. The van der Waals surface area contributed by atoms with Crippen LogP contribution in [-0.2, 0) is 4.79 Å². The summed E-state index contributed by atoms with van der Waals surface area (Å²) < 4.78 is 0.860. The topological polar surface area (TPSA) is 75.2 Å². The van der Waals surface area contributed by atoms with E-state index in [4.69, 9.17) is 0 Å². The minimum Gasteiger partial charge on any atom is -0.339 e. The van der Waals surface area contributed by atoms with Gasteiger partial charge in [-0.15, -0.1) is 10.2 Å². The molecule has 6 nitrogen and oxygen atoms in total. The largest absolute Gasteiger partial charge is 0.339 e. The van der Waals surface area contributed by atoms with Gasteiger partial charge in [0.15, 0.2) is 4.34 Å². The summed E-state index contributed by atoms with van der Waals surface area (Å²) in [5.74, 6) is 0.807. The zero-order valence-electron chi connectivity index (χ0n) is 16.1. The average Bonchev–Trinajstić information content (AvgIpc) is 3.20. The van der Waals surface area contributed by atoms with Crippen molar-refractivity contribution in [3.63, 3.8) is 0 Å². The smallest absolute Gasteiger partial charge is 0.254 e. The minimum atomic E-state index is -0.113. The van der Waals surface area contributed by atoms with Crippen LogP contribution in [0.25, 0.3) is 10.8 Å². The van der Waals surface area contributed by atoms with Crippen LogP contribution in [0.15, 0.2) is 46.8 Å². The lowest BCUT2D eigenvalue weighted by atomic mass is 9.95. The van der Waals surface area contributed by atoms with Crippen LogP contribution in [0.4, 0.5) is 5.13 Å². The number of rotatable bonds is 5. The first-order chi connectivity index (χ1) is 14.2. The fourth-order valence-corrected chi connectivity index (χ4v) is 5.23. The first kappa shape index (κ1) is 19.8. The van der Waals surface area contributed by atoms with E-state index in [2.05, 4.69) is 22.4 Å². The van der Waals surface area contributed by atoms with Gasteiger partial charge in [0.25, 0.3) is 5.91 Å². The third-order valence-electron chi connectivity index (χ3n) is 5.08. The molecule has 3 aromatic rings. The zero-order valence-corrected chi connectivity index (χ0v) is 17.8. The van der Waals surface area contributed by atoms with Crippen LogP contribution in [0.5, 0.6) is 0 Å². The fraction of sp³-hybridized carbons (Fsp3) is 0.333. The number of hydrogen-bond acceptors (Lipinski definition) is 6. The highest BCUT2D eigenvalue weighted by molar-refractivity contribution is 8.01. The number of likely N-dealkylation sites (tertiary alicyclic amines) is 1. The lowest BCUT2D eigenvalue weighted by Crippen LogP contribution is -2.41. The highest BCUT2D eigenvalue weighted by Gasteiger charge is 2.29. The van der Waals surface area contributed by atoms with Gasteiger partial charge in [-0.25, -0.2) is 0 Å². The van der Waals surface area contributed by atoms with Crippen molar-refractivity contribution in [3.8, 4) is 0 Å². The Morgan fingerprint density at radius 3 is 2.69 bits per heavy atom. The monoisotopic (exact) mass is 426 g/mol. The van der Waals surface area contributed by atoms with E-state index in [1.165, 1.54) is 11.3 Å². The van der Waals surface area contributed by atoms with Crippen molar-refractivity contribution >= 4 is 50.8 Å². The van der Waals surface area contributed by atoms with Gasteiger partial charge in [0.2, 0.25) is 11.0 Å². The van der Waals surface area contributed by atoms with Crippen molar-refractivity contribution in [3.05, 3.63) is 48.0 Å². The molecule has 0 spiro atoms. The normalized spacial score (nSPS) is 14.9. The van der Waals surface area contributed by atoms with E-state index in [0.717, 1.165) is 26.4 Å². The predicted molar refractivity (Wildman–Crippen MR) is 118 cm³/mol. The Hall–Kier alpha value is -2.45. The molecule has 2 heterocycles. The Labute approximate surface area is 177 Å². The van der Waals surface area contributed by atoms with Crippen LogP contribution < -0.4 is 5.32 Å². The molecule has 4 rings (SSSR count). The van der Waals surface area contributed by atoms with Crippen LogP contribution in [0.1, 0.15) is 30.1 Å². The van der Waals surface area contributed by atoms with Gasteiger partial charge in [-0.05, 0) is 35.4 Å². The number of anilines is 1. The number of carbonyl (C=O) groups is 2. The second-order valence-corrected chi connectivity index (χ2v) is 9.38. The Bertz CT molecular complexity index is 1020. The summed E-state index contributed by atoms with van der Waals surface area (Å²) in [4.78, 5) is 27.5. The van der Waals surface area contributed by atoms with E-state index in [9.17, 15) is 9.59 Å². The summed E-state index contributed by atoms with van der Waals surface area (Å²) in [6.45, 7) is 3.21. The molecule has 2 amide bonds. The quantitative estimate of drug-likeness (QED) is 0.486. The predicted octanol–water partition coefficient (Wildman–Crippen LogP) is 4.29. The van der Waals surface area contributed by atoms with E-state index in [1.807, 2.05) is 47.4 Å². The molecule has 1 aliphatic heterocycles. The number of carbonyl (C=O) groups excluding carboxylic acids is 2. The lowest BCUT2D eigenvalue weighted by molar-refractivity contribution is -0.121. The van der Waals surface area contributed by atoms with Crippen molar-refractivity contribution in [2.24, 2.45) is 5.92 Å². The number of thioether (sulfide) groups is 1. The molecule has 0 atom stereocenters. The van der Waals surface area contributed by atoms with E-state index in [1.54, 1.807) is 11.8 Å². The summed E-state index contributed by atoms with van der Waals surface area (Å²) in [5, 5.41) is 13.5. The van der Waals surface area contributed by atoms with Gasteiger partial charge in [0.1, 0.15) is 0 Å². The molecule has 1 aromatic heterocycles. The molecule has 150 valence electrons. The molecule has 0 unspecified atom stereocenters. The molecule has 2 aromatic carbocycles. The second kappa shape index (κ2) is 8.92. The highest BCUT2D eigenvalue weighted by Crippen LogP contribution is 2.27. The van der Waals surface area contributed by atoms with E-state index < -0.39 is 0 Å². The van der Waals surface area contributed by atoms with Gasteiger partial charge in [-0.3, -0.25) is 9.59 Å². The molecule has 0 saturated carbocycles. The Morgan fingerprint density at radius 2 is 1.90 bits per heavy atom. The Balaban J connectivity index is 1.37. The second-order valence-electron chi connectivity index (χ2n) is 6.89. The first-order valence-corrected chi connectivity index (χ1v) is 11.5. The molecule has 1 N–H and O–H groups in total. The van der Waals surface area contributed by atoms with Gasteiger partial charge in [0.05, 0.1) is 0 Å². The third kappa shape index (κ3) is 4.43. The molecule has 1 aliphatic rings. The number of piperidine rings is 1. The highest BCUT2D eigenvalue weighted by atomic mass is 32.2. The average molecular weight is 427 g/mol. The first-order valence-electron chi connectivity index (χ1n) is 9.70. The number of nitrogens with one attached hydrogen (secondary N) is 1. The summed E-state index contributed by atoms with van der Waals surface area (Å²) in [6.07, 6.45) is 1.30. The van der Waals surface area contributed by atoms with Crippen LogP contribution in [0.3, 0.4) is 0 Å². The van der Waals surface area contributed by atoms with Gasteiger partial charge < -0.3 is 10.2 Å². The molecule has 29 heavy (non-hydrogen) atoms. The maximum absolute atomic E-state index is 13.1. The zero-order chi connectivity index (χ0) is 20.2. The summed E-state index contributed by atoms with van der Waals surface area (Å²) in [6, 6.07) is 13.7. The van der Waals surface area contributed by atoms with Crippen molar-refractivity contribution in [2.75, 3.05) is 24.2 Å². The van der Waals surface area contributed by atoms with E-state index >= 15 is 0 Å². The maximum Gasteiger partial charge on any atom is 0.254 e. The Kier molecular flexibility index (Phi) is 6.10. The van der Waals surface area contributed by atoms with Crippen LogP contribution >= 0.6 is 23.1 Å². The summed E-state index contributed by atoms with van der Waals surface area (Å²) >= 11 is 3.01. The molecule has 0 aliphatic carbocycles.